The predicted molar refractivity (Wildman–Crippen MR) is 95.7 cm³/mol. The Kier molecular flexibility index (Phi) is 5.99. The highest BCUT2D eigenvalue weighted by molar-refractivity contribution is 7.89. The highest BCUT2D eigenvalue weighted by Gasteiger charge is 2.26. The van der Waals surface area contributed by atoms with Crippen molar-refractivity contribution in [1.82, 2.24) is 4.31 Å². The fourth-order valence-electron chi connectivity index (χ4n) is 2.17. The lowest BCUT2D eigenvalue weighted by Gasteiger charge is -2.24. The van der Waals surface area contributed by atoms with Crippen molar-refractivity contribution >= 4 is 33.2 Å². The van der Waals surface area contributed by atoms with Crippen molar-refractivity contribution in [1.29, 1.82) is 0 Å². The Balaban J connectivity index is 2.19. The van der Waals surface area contributed by atoms with Crippen molar-refractivity contribution in [3.8, 4) is 0 Å². The van der Waals surface area contributed by atoms with E-state index in [4.69, 9.17) is 11.6 Å². The summed E-state index contributed by atoms with van der Waals surface area (Å²) in [5, 5.41) is 0.455. The zero-order chi connectivity index (χ0) is 17.7. The summed E-state index contributed by atoms with van der Waals surface area (Å²) in [5.74, 6) is -0.305. The average molecular weight is 367 g/mol. The molecule has 0 radical (unpaired) electrons. The molecule has 0 saturated heterocycles. The summed E-state index contributed by atoms with van der Waals surface area (Å²) < 4.78 is 26.5. The van der Waals surface area contributed by atoms with Gasteiger partial charge in [0.25, 0.3) is 0 Å². The van der Waals surface area contributed by atoms with Crippen molar-refractivity contribution in [2.75, 3.05) is 25.0 Å². The molecule has 5 nitrogen and oxygen atoms in total. The first kappa shape index (κ1) is 18.4. The maximum absolute atomic E-state index is 12.7. The van der Waals surface area contributed by atoms with Crippen LogP contribution in [0.1, 0.15) is 6.92 Å². The molecular formula is C17H19ClN2O3S. The Morgan fingerprint density at radius 3 is 2.17 bits per heavy atom. The standard InChI is InChI=1S/C17H19ClN2O3S/c1-3-20(24(22,23)16-11-9-14(18)10-12-16)13-17(21)19(2)15-7-5-4-6-8-15/h4-12H,3,13H2,1-2H3. The van der Waals surface area contributed by atoms with Gasteiger partial charge in [0.1, 0.15) is 0 Å². The smallest absolute Gasteiger partial charge is 0.243 e. The Hall–Kier alpha value is -1.89. The molecule has 24 heavy (non-hydrogen) atoms. The molecule has 0 fully saturated rings. The zero-order valence-electron chi connectivity index (χ0n) is 13.5. The molecule has 2 rings (SSSR count). The molecule has 2 aromatic rings. The minimum atomic E-state index is -3.75. The molecule has 0 aliphatic heterocycles. The van der Waals surface area contributed by atoms with Crippen molar-refractivity contribution in [3.05, 3.63) is 59.6 Å². The van der Waals surface area contributed by atoms with Gasteiger partial charge in [-0.2, -0.15) is 4.31 Å². The maximum Gasteiger partial charge on any atom is 0.243 e. The van der Waals surface area contributed by atoms with Crippen molar-refractivity contribution in [2.24, 2.45) is 0 Å². The molecule has 0 aliphatic rings. The number of amides is 1. The van der Waals surface area contributed by atoms with E-state index in [1.54, 1.807) is 26.1 Å². The molecule has 0 heterocycles. The lowest BCUT2D eigenvalue weighted by molar-refractivity contribution is -0.118. The van der Waals surface area contributed by atoms with Gasteiger partial charge in [-0.1, -0.05) is 36.7 Å². The van der Waals surface area contributed by atoms with Crippen LogP contribution in [0.15, 0.2) is 59.5 Å². The number of rotatable bonds is 6. The third-order valence-electron chi connectivity index (χ3n) is 3.63. The second kappa shape index (κ2) is 7.79. The van der Waals surface area contributed by atoms with E-state index in [-0.39, 0.29) is 23.9 Å². The van der Waals surface area contributed by atoms with Gasteiger partial charge >= 0.3 is 0 Å². The summed E-state index contributed by atoms with van der Waals surface area (Å²) in [6.07, 6.45) is 0. The van der Waals surface area contributed by atoms with Crippen LogP contribution >= 0.6 is 11.6 Å². The Bertz CT molecular complexity index is 792. The molecular weight excluding hydrogens is 348 g/mol. The molecule has 0 unspecified atom stereocenters. The van der Waals surface area contributed by atoms with E-state index < -0.39 is 10.0 Å². The molecule has 0 saturated carbocycles. The Labute approximate surface area is 147 Å². The quantitative estimate of drug-likeness (QED) is 0.789. The van der Waals surface area contributed by atoms with Gasteiger partial charge < -0.3 is 4.90 Å². The number of hydrogen-bond donors (Lipinski definition) is 0. The van der Waals surface area contributed by atoms with Gasteiger partial charge in [0.05, 0.1) is 11.4 Å². The Morgan fingerprint density at radius 2 is 1.62 bits per heavy atom. The maximum atomic E-state index is 12.7. The molecule has 0 bridgehead atoms. The van der Waals surface area contributed by atoms with Crippen LogP contribution in [0.4, 0.5) is 5.69 Å². The molecule has 2 aromatic carbocycles. The van der Waals surface area contributed by atoms with E-state index in [0.29, 0.717) is 10.7 Å². The normalized spacial score (nSPS) is 11.5. The average Bonchev–Trinajstić information content (AvgIpc) is 2.59. The van der Waals surface area contributed by atoms with Gasteiger partial charge in [-0.15, -0.1) is 0 Å². The topological polar surface area (TPSA) is 57.7 Å². The largest absolute Gasteiger partial charge is 0.314 e. The van der Waals surface area contributed by atoms with Gasteiger partial charge in [-0.25, -0.2) is 8.42 Å². The molecule has 7 heteroatoms. The van der Waals surface area contributed by atoms with E-state index in [0.717, 1.165) is 4.31 Å². The van der Waals surface area contributed by atoms with Crippen molar-refractivity contribution in [2.45, 2.75) is 11.8 Å². The van der Waals surface area contributed by atoms with Crippen LogP contribution in [-0.4, -0.2) is 38.8 Å². The van der Waals surface area contributed by atoms with Crippen LogP contribution in [0.25, 0.3) is 0 Å². The van der Waals surface area contributed by atoms with Gasteiger partial charge in [-0.3, -0.25) is 4.79 Å². The summed E-state index contributed by atoms with van der Waals surface area (Å²) in [7, 11) is -2.13. The van der Waals surface area contributed by atoms with Gasteiger partial charge in [0.15, 0.2) is 0 Å². The van der Waals surface area contributed by atoms with E-state index in [1.165, 1.54) is 29.2 Å². The summed E-state index contributed by atoms with van der Waals surface area (Å²) >= 11 is 5.80. The third kappa shape index (κ3) is 4.14. The number of carbonyl (C=O) groups excluding carboxylic acids is 1. The van der Waals surface area contributed by atoms with E-state index in [9.17, 15) is 13.2 Å². The highest BCUT2D eigenvalue weighted by atomic mass is 35.5. The fourth-order valence-corrected chi connectivity index (χ4v) is 3.70. The number of sulfonamides is 1. The molecule has 0 N–H and O–H groups in total. The molecule has 0 spiro atoms. The highest BCUT2D eigenvalue weighted by Crippen LogP contribution is 2.19. The number of anilines is 1. The van der Waals surface area contributed by atoms with Gasteiger partial charge in [0, 0.05) is 24.3 Å². The molecule has 1 amide bonds. The van der Waals surface area contributed by atoms with Gasteiger partial charge in [0.2, 0.25) is 15.9 Å². The molecule has 0 atom stereocenters. The van der Waals surface area contributed by atoms with E-state index >= 15 is 0 Å². The molecule has 0 aliphatic carbocycles. The number of nitrogens with zero attached hydrogens (tertiary/aromatic N) is 2. The first-order valence-electron chi connectivity index (χ1n) is 7.43. The van der Waals surface area contributed by atoms with E-state index in [2.05, 4.69) is 0 Å². The third-order valence-corrected chi connectivity index (χ3v) is 5.82. The van der Waals surface area contributed by atoms with Crippen molar-refractivity contribution < 1.29 is 13.2 Å². The van der Waals surface area contributed by atoms with Gasteiger partial charge in [-0.05, 0) is 36.4 Å². The lowest BCUT2D eigenvalue weighted by atomic mass is 10.3. The number of likely N-dealkylation sites (N-methyl/N-ethyl adjacent to an activating group) is 2. The monoisotopic (exact) mass is 366 g/mol. The number of para-hydroxylation sites is 1. The van der Waals surface area contributed by atoms with Crippen molar-refractivity contribution in [3.63, 3.8) is 0 Å². The number of halogens is 1. The number of hydrogen-bond acceptors (Lipinski definition) is 3. The summed E-state index contributed by atoms with van der Waals surface area (Å²) in [6.45, 7) is 1.66. The van der Waals surface area contributed by atoms with Crippen LogP contribution in [0, 0.1) is 0 Å². The number of benzene rings is 2. The molecule has 128 valence electrons. The van der Waals surface area contributed by atoms with Crippen LogP contribution in [0.5, 0.6) is 0 Å². The predicted octanol–water partition coefficient (Wildman–Crippen LogP) is 3.01. The van der Waals surface area contributed by atoms with E-state index in [1.807, 2.05) is 18.2 Å². The number of carbonyl (C=O) groups is 1. The van der Waals surface area contributed by atoms with Crippen LogP contribution in [0.2, 0.25) is 5.02 Å². The summed E-state index contributed by atoms with van der Waals surface area (Å²) in [6, 6.07) is 15.0. The summed E-state index contributed by atoms with van der Waals surface area (Å²) in [4.78, 5) is 14.0. The Morgan fingerprint density at radius 1 is 1.04 bits per heavy atom. The van der Waals surface area contributed by atoms with Crippen LogP contribution in [0.3, 0.4) is 0 Å². The minimum Gasteiger partial charge on any atom is -0.314 e. The summed E-state index contributed by atoms with van der Waals surface area (Å²) in [5.41, 5.74) is 0.711. The first-order valence-corrected chi connectivity index (χ1v) is 9.25. The minimum absolute atomic E-state index is 0.115. The van der Waals surface area contributed by atoms with Crippen LogP contribution in [-0.2, 0) is 14.8 Å². The lowest BCUT2D eigenvalue weighted by Crippen LogP contribution is -2.41. The van der Waals surface area contributed by atoms with Crippen LogP contribution < -0.4 is 4.90 Å². The second-order valence-electron chi connectivity index (χ2n) is 5.17. The fraction of sp³-hybridized carbons (Fsp3) is 0.235. The first-order chi connectivity index (χ1) is 11.4. The SMILES string of the molecule is CCN(CC(=O)N(C)c1ccccc1)S(=O)(=O)c1ccc(Cl)cc1. The zero-order valence-corrected chi connectivity index (χ0v) is 15.1. The molecule has 0 aromatic heterocycles. The second-order valence-corrected chi connectivity index (χ2v) is 7.55.